The van der Waals surface area contributed by atoms with E-state index in [4.69, 9.17) is 0 Å². The van der Waals surface area contributed by atoms with E-state index < -0.39 is 49.9 Å². The number of rotatable bonds is 9. The Bertz CT molecular complexity index is 1770. The van der Waals surface area contributed by atoms with E-state index in [0.29, 0.717) is 0 Å². The van der Waals surface area contributed by atoms with Crippen LogP contribution in [-0.2, 0) is 40.1 Å². The van der Waals surface area contributed by atoms with Crippen LogP contribution in [-0.4, -0.2) is 33.7 Å². The van der Waals surface area contributed by atoms with Crippen molar-refractivity contribution in [1.29, 1.82) is 0 Å². The molecule has 14 heteroatoms. The lowest BCUT2D eigenvalue weighted by Crippen LogP contribution is -2.32. The summed E-state index contributed by atoms with van der Waals surface area (Å²) in [5.74, 6) is 0. The van der Waals surface area contributed by atoms with Gasteiger partial charge in [0.1, 0.15) is 0 Å². The SMILES string of the molecule is O=S(=O)(NS(=O)(=O)c1ccccc1-c1ccccc1S(=O)(=O)NS(=O)(=O)c1ccccc1)c1ccccc1. The zero-order valence-electron chi connectivity index (χ0n) is 19.3. The second-order valence-electron chi connectivity index (χ2n) is 7.80. The molecule has 0 saturated carbocycles. The van der Waals surface area contributed by atoms with Crippen molar-refractivity contribution in [1.82, 2.24) is 8.25 Å². The number of benzene rings is 4. The van der Waals surface area contributed by atoms with E-state index in [1.165, 1.54) is 84.9 Å². The van der Waals surface area contributed by atoms with E-state index in [1.807, 2.05) is 0 Å². The third kappa shape index (κ3) is 5.85. The molecule has 0 spiro atoms. The molecule has 0 aliphatic heterocycles. The van der Waals surface area contributed by atoms with Crippen LogP contribution < -0.4 is 8.25 Å². The van der Waals surface area contributed by atoms with Gasteiger partial charge in [-0.2, -0.15) is 0 Å². The Morgan fingerprint density at radius 1 is 0.342 bits per heavy atom. The summed E-state index contributed by atoms with van der Waals surface area (Å²) in [6.07, 6.45) is 0. The second kappa shape index (κ2) is 10.4. The first-order valence-electron chi connectivity index (χ1n) is 10.7. The third-order valence-electron chi connectivity index (χ3n) is 5.19. The summed E-state index contributed by atoms with van der Waals surface area (Å²) in [5.41, 5.74) is -0.331. The van der Waals surface area contributed by atoms with Gasteiger partial charge in [-0.05, 0) is 36.4 Å². The summed E-state index contributed by atoms with van der Waals surface area (Å²) >= 11 is 0. The van der Waals surface area contributed by atoms with Gasteiger partial charge in [0.2, 0.25) is 0 Å². The maximum Gasteiger partial charge on any atom is 0.254 e. The zero-order chi connectivity index (χ0) is 27.6. The highest BCUT2D eigenvalue weighted by molar-refractivity contribution is 8.05. The van der Waals surface area contributed by atoms with Crippen molar-refractivity contribution in [3.05, 3.63) is 109 Å². The van der Waals surface area contributed by atoms with E-state index in [1.54, 1.807) is 20.4 Å². The predicted octanol–water partition coefficient (Wildman–Crippen LogP) is 2.69. The topological polar surface area (TPSA) is 161 Å². The molecule has 2 N–H and O–H groups in total. The van der Waals surface area contributed by atoms with E-state index in [2.05, 4.69) is 0 Å². The Hall–Kier alpha value is -3.40. The summed E-state index contributed by atoms with van der Waals surface area (Å²) in [4.78, 5) is -1.65. The molecule has 0 aliphatic carbocycles. The van der Waals surface area contributed by atoms with Gasteiger partial charge >= 0.3 is 0 Å². The van der Waals surface area contributed by atoms with Crippen molar-refractivity contribution in [2.75, 3.05) is 0 Å². The first-order chi connectivity index (χ1) is 17.8. The van der Waals surface area contributed by atoms with Crippen LogP contribution in [0.2, 0.25) is 0 Å². The fraction of sp³-hybridized carbons (Fsp3) is 0. The molecule has 4 aromatic carbocycles. The molecule has 0 aromatic heterocycles. The lowest BCUT2D eigenvalue weighted by Gasteiger charge is -2.15. The van der Waals surface area contributed by atoms with Crippen molar-refractivity contribution in [2.24, 2.45) is 0 Å². The minimum absolute atomic E-state index is 0.165. The Kier molecular flexibility index (Phi) is 7.56. The maximum atomic E-state index is 13.2. The molecule has 0 heterocycles. The smallest absolute Gasteiger partial charge is 0.206 e. The molecule has 198 valence electrons. The van der Waals surface area contributed by atoms with Crippen LogP contribution in [0.4, 0.5) is 0 Å². The lowest BCUT2D eigenvalue weighted by molar-refractivity contribution is 0.573. The van der Waals surface area contributed by atoms with Crippen molar-refractivity contribution >= 4 is 40.1 Å². The summed E-state index contributed by atoms with van der Waals surface area (Å²) in [7, 11) is -18.5. The number of nitrogens with one attached hydrogen (secondary N) is 2. The van der Waals surface area contributed by atoms with Crippen LogP contribution in [0.15, 0.2) is 129 Å². The van der Waals surface area contributed by atoms with Gasteiger partial charge in [0.25, 0.3) is 40.1 Å². The molecule has 10 nitrogen and oxygen atoms in total. The number of sulfonamides is 4. The minimum Gasteiger partial charge on any atom is -0.206 e. The summed E-state index contributed by atoms with van der Waals surface area (Å²) in [6.45, 7) is 0. The number of hydrogen-bond acceptors (Lipinski definition) is 8. The standard InChI is InChI=1S/C24H20N2O8S4/c27-35(28,19-11-3-1-4-12-19)25-37(31,32)23-17-9-7-15-21(23)22-16-8-10-18-24(22)38(33,34)26-36(29,30)20-13-5-2-6-14-20/h1-18,25-26H. The minimum atomic E-state index is -4.76. The molecule has 0 radical (unpaired) electrons. The van der Waals surface area contributed by atoms with Crippen LogP contribution in [0.1, 0.15) is 0 Å². The first-order valence-corrected chi connectivity index (χ1v) is 16.6. The van der Waals surface area contributed by atoms with Crippen LogP contribution in [0, 0.1) is 0 Å². The molecule has 4 rings (SSSR count). The molecule has 38 heavy (non-hydrogen) atoms. The predicted molar refractivity (Wildman–Crippen MR) is 140 cm³/mol. The molecule has 0 saturated heterocycles. The van der Waals surface area contributed by atoms with Crippen molar-refractivity contribution in [3.63, 3.8) is 0 Å². The molecule has 0 bridgehead atoms. The van der Waals surface area contributed by atoms with Gasteiger partial charge in [-0.25, -0.2) is 33.7 Å². The molecule has 0 aliphatic rings. The molecule has 4 aromatic rings. The quantitative estimate of drug-likeness (QED) is 0.300. The van der Waals surface area contributed by atoms with Crippen molar-refractivity contribution in [3.8, 4) is 11.1 Å². The molecule has 0 fully saturated rings. The van der Waals surface area contributed by atoms with Crippen LogP contribution in [0.25, 0.3) is 11.1 Å². The van der Waals surface area contributed by atoms with Gasteiger partial charge in [-0.3, -0.25) is 0 Å². The highest BCUT2D eigenvalue weighted by Crippen LogP contribution is 2.33. The van der Waals surface area contributed by atoms with Gasteiger partial charge < -0.3 is 0 Å². The first kappa shape index (κ1) is 27.6. The Labute approximate surface area is 221 Å². The Morgan fingerprint density at radius 3 is 0.974 bits per heavy atom. The Morgan fingerprint density at radius 2 is 0.632 bits per heavy atom. The van der Waals surface area contributed by atoms with E-state index in [-0.39, 0.29) is 20.9 Å². The highest BCUT2D eigenvalue weighted by Gasteiger charge is 2.31. The number of hydrogen-bond donors (Lipinski definition) is 2. The average Bonchev–Trinajstić information content (AvgIpc) is 2.89. The van der Waals surface area contributed by atoms with Crippen LogP contribution in [0.3, 0.4) is 0 Å². The molecular weight excluding hydrogens is 573 g/mol. The van der Waals surface area contributed by atoms with Crippen LogP contribution >= 0.6 is 0 Å². The van der Waals surface area contributed by atoms with Gasteiger partial charge in [-0.1, -0.05) is 72.8 Å². The molecular formula is C24H20N2O8S4. The monoisotopic (exact) mass is 592 g/mol. The van der Waals surface area contributed by atoms with Crippen molar-refractivity contribution < 1.29 is 33.7 Å². The summed E-state index contributed by atoms with van der Waals surface area (Å²) in [6, 6.07) is 24.0. The zero-order valence-corrected chi connectivity index (χ0v) is 22.6. The maximum absolute atomic E-state index is 13.2. The Balaban J connectivity index is 1.79. The highest BCUT2D eigenvalue weighted by atomic mass is 32.3. The summed E-state index contributed by atoms with van der Waals surface area (Å²) in [5, 5.41) is 0. The summed E-state index contributed by atoms with van der Waals surface area (Å²) < 4.78 is 107. The van der Waals surface area contributed by atoms with Gasteiger partial charge in [0, 0.05) is 11.1 Å². The fourth-order valence-electron chi connectivity index (χ4n) is 3.52. The van der Waals surface area contributed by atoms with Gasteiger partial charge in [0.05, 0.1) is 19.6 Å². The lowest BCUT2D eigenvalue weighted by atomic mass is 10.1. The van der Waals surface area contributed by atoms with E-state index >= 15 is 0 Å². The van der Waals surface area contributed by atoms with Crippen molar-refractivity contribution in [2.45, 2.75) is 19.6 Å². The van der Waals surface area contributed by atoms with Gasteiger partial charge in [0.15, 0.2) is 0 Å². The molecule has 0 atom stereocenters. The van der Waals surface area contributed by atoms with E-state index in [0.717, 1.165) is 12.1 Å². The second-order valence-corrected chi connectivity index (χ2v) is 15.0. The van der Waals surface area contributed by atoms with Crippen LogP contribution in [0.5, 0.6) is 0 Å². The largest absolute Gasteiger partial charge is 0.254 e. The average molecular weight is 593 g/mol. The third-order valence-corrected chi connectivity index (χ3v) is 12.4. The van der Waals surface area contributed by atoms with Gasteiger partial charge in [-0.15, -0.1) is 8.25 Å². The molecule has 0 amide bonds. The molecule has 0 unspecified atom stereocenters. The van der Waals surface area contributed by atoms with E-state index in [9.17, 15) is 33.7 Å². The fourth-order valence-corrected chi connectivity index (χ4v) is 9.80. The normalized spacial score (nSPS) is 12.7.